The first-order chi connectivity index (χ1) is 12.6. The molecule has 0 spiro atoms. The fourth-order valence-electron chi connectivity index (χ4n) is 3.52. The third kappa shape index (κ3) is 2.44. The SMILES string of the molecule is C/C=C\C(=NC)c1nc2n(c1-c1ccc3ncc(C(N)=O)n3c1)CCC2. The first-order valence-corrected chi connectivity index (χ1v) is 8.60. The molecule has 4 heterocycles. The van der Waals surface area contributed by atoms with Crippen LogP contribution >= 0.6 is 0 Å². The summed E-state index contributed by atoms with van der Waals surface area (Å²) in [5.41, 5.74) is 10.2. The van der Waals surface area contributed by atoms with Crippen LogP contribution in [0.5, 0.6) is 0 Å². The molecule has 0 saturated heterocycles. The molecule has 0 fully saturated rings. The highest BCUT2D eigenvalue weighted by Crippen LogP contribution is 2.30. The van der Waals surface area contributed by atoms with Gasteiger partial charge in [0, 0.05) is 31.8 Å². The van der Waals surface area contributed by atoms with Crippen molar-refractivity contribution in [2.75, 3.05) is 7.05 Å². The van der Waals surface area contributed by atoms with Crippen molar-refractivity contribution < 1.29 is 4.79 Å². The fraction of sp³-hybridized carbons (Fsp3) is 0.263. The molecule has 26 heavy (non-hydrogen) atoms. The second-order valence-electron chi connectivity index (χ2n) is 6.24. The average molecular weight is 348 g/mol. The van der Waals surface area contributed by atoms with Crippen LogP contribution in [0.1, 0.15) is 35.4 Å². The van der Waals surface area contributed by atoms with E-state index >= 15 is 0 Å². The van der Waals surface area contributed by atoms with Gasteiger partial charge in [-0.05, 0) is 31.6 Å². The molecule has 7 heteroatoms. The summed E-state index contributed by atoms with van der Waals surface area (Å²) in [5, 5.41) is 0. The topological polar surface area (TPSA) is 90.6 Å². The lowest BCUT2D eigenvalue weighted by Gasteiger charge is -2.10. The molecule has 132 valence electrons. The predicted octanol–water partition coefficient (Wildman–Crippen LogP) is 2.24. The quantitative estimate of drug-likeness (QED) is 0.733. The van der Waals surface area contributed by atoms with Gasteiger partial charge < -0.3 is 10.3 Å². The molecule has 4 rings (SSSR count). The first-order valence-electron chi connectivity index (χ1n) is 8.60. The Kier molecular flexibility index (Phi) is 3.91. The Hall–Kier alpha value is -3.22. The van der Waals surface area contributed by atoms with Crippen molar-refractivity contribution in [2.24, 2.45) is 10.7 Å². The number of amides is 1. The molecule has 3 aromatic rings. The minimum atomic E-state index is -0.502. The minimum Gasteiger partial charge on any atom is -0.364 e. The summed E-state index contributed by atoms with van der Waals surface area (Å²) in [6.45, 7) is 2.89. The number of aryl methyl sites for hydroxylation is 1. The van der Waals surface area contributed by atoms with Crippen LogP contribution in [0.4, 0.5) is 0 Å². The molecule has 0 radical (unpaired) electrons. The van der Waals surface area contributed by atoms with Crippen molar-refractivity contribution in [3.63, 3.8) is 0 Å². The van der Waals surface area contributed by atoms with Gasteiger partial charge >= 0.3 is 0 Å². The summed E-state index contributed by atoms with van der Waals surface area (Å²) in [6.07, 6.45) is 9.36. The molecule has 1 aliphatic rings. The zero-order valence-electron chi connectivity index (χ0n) is 14.8. The maximum absolute atomic E-state index is 11.7. The van der Waals surface area contributed by atoms with Crippen LogP contribution < -0.4 is 5.73 Å². The van der Waals surface area contributed by atoms with Crippen molar-refractivity contribution in [1.82, 2.24) is 18.9 Å². The van der Waals surface area contributed by atoms with Gasteiger partial charge in [-0.3, -0.25) is 14.2 Å². The van der Waals surface area contributed by atoms with Crippen LogP contribution in [0.3, 0.4) is 0 Å². The number of aromatic nitrogens is 4. The highest BCUT2D eigenvalue weighted by Gasteiger charge is 2.24. The van der Waals surface area contributed by atoms with E-state index in [1.165, 1.54) is 6.20 Å². The Morgan fingerprint density at radius 3 is 2.96 bits per heavy atom. The van der Waals surface area contributed by atoms with E-state index in [0.29, 0.717) is 11.3 Å². The number of nitrogens with two attached hydrogens (primary N) is 1. The second kappa shape index (κ2) is 6.25. The molecule has 1 aliphatic heterocycles. The lowest BCUT2D eigenvalue weighted by molar-refractivity contribution is 0.0995. The van der Waals surface area contributed by atoms with Gasteiger partial charge in [-0.25, -0.2) is 9.97 Å². The number of rotatable bonds is 4. The van der Waals surface area contributed by atoms with E-state index < -0.39 is 5.91 Å². The Balaban J connectivity index is 1.97. The van der Waals surface area contributed by atoms with Crippen molar-refractivity contribution in [3.8, 4) is 11.3 Å². The van der Waals surface area contributed by atoms with Gasteiger partial charge in [-0.2, -0.15) is 0 Å². The zero-order valence-corrected chi connectivity index (χ0v) is 14.8. The third-order valence-corrected chi connectivity index (χ3v) is 4.67. The molecule has 0 aliphatic carbocycles. The van der Waals surface area contributed by atoms with E-state index in [1.54, 1.807) is 11.4 Å². The average Bonchev–Trinajstić information content (AvgIpc) is 3.32. The number of carbonyl (C=O) groups is 1. The van der Waals surface area contributed by atoms with Crippen molar-refractivity contribution >= 4 is 17.3 Å². The largest absolute Gasteiger partial charge is 0.364 e. The van der Waals surface area contributed by atoms with Gasteiger partial charge in [0.1, 0.15) is 22.9 Å². The molecule has 0 bridgehead atoms. The number of primary amides is 1. The fourth-order valence-corrected chi connectivity index (χ4v) is 3.52. The summed E-state index contributed by atoms with van der Waals surface area (Å²) in [4.78, 5) is 25.2. The monoisotopic (exact) mass is 348 g/mol. The van der Waals surface area contributed by atoms with Gasteiger partial charge in [0.25, 0.3) is 5.91 Å². The van der Waals surface area contributed by atoms with Crippen molar-refractivity contribution in [1.29, 1.82) is 0 Å². The van der Waals surface area contributed by atoms with Crippen molar-refractivity contribution in [3.05, 3.63) is 53.9 Å². The number of hydrogen-bond acceptors (Lipinski definition) is 4. The molecule has 0 atom stereocenters. The van der Waals surface area contributed by atoms with Crippen LogP contribution in [-0.4, -0.2) is 37.6 Å². The molecule has 3 aromatic heterocycles. The normalized spacial score (nSPS) is 14.5. The van der Waals surface area contributed by atoms with Gasteiger partial charge in [0.15, 0.2) is 0 Å². The lowest BCUT2D eigenvalue weighted by atomic mass is 10.1. The number of carbonyl (C=O) groups excluding carboxylic acids is 1. The summed E-state index contributed by atoms with van der Waals surface area (Å²) >= 11 is 0. The van der Waals surface area contributed by atoms with Gasteiger partial charge in [-0.1, -0.05) is 6.08 Å². The van der Waals surface area contributed by atoms with E-state index in [1.807, 2.05) is 37.4 Å². The Bertz CT molecular complexity index is 1070. The number of fused-ring (bicyclic) bond motifs is 2. The molecular weight excluding hydrogens is 328 g/mol. The van der Waals surface area contributed by atoms with Crippen molar-refractivity contribution in [2.45, 2.75) is 26.3 Å². The van der Waals surface area contributed by atoms with E-state index in [0.717, 1.165) is 47.9 Å². The zero-order chi connectivity index (χ0) is 18.3. The number of nitrogens with zero attached hydrogens (tertiary/aromatic N) is 5. The highest BCUT2D eigenvalue weighted by atomic mass is 16.1. The number of hydrogen-bond donors (Lipinski definition) is 1. The standard InChI is InChI=1S/C19H20N6O/c1-3-5-13(21-2)17-18(24-9-4-6-16(24)23-17)12-7-8-15-22-10-14(19(20)26)25(15)11-12/h3,5,7-8,10-11H,4,6,9H2,1-2H3,(H2,20,26)/b5-3-,21-13?. The Morgan fingerprint density at radius 2 is 2.23 bits per heavy atom. The number of imidazole rings is 2. The van der Waals surface area contributed by atoms with Crippen LogP contribution in [-0.2, 0) is 13.0 Å². The molecule has 2 N–H and O–H groups in total. The minimum absolute atomic E-state index is 0.363. The lowest BCUT2D eigenvalue weighted by Crippen LogP contribution is -2.13. The van der Waals surface area contributed by atoms with Crippen LogP contribution in [0.25, 0.3) is 16.9 Å². The van der Waals surface area contributed by atoms with E-state index in [4.69, 9.17) is 10.7 Å². The van der Waals surface area contributed by atoms with Crippen LogP contribution in [0.15, 0.2) is 41.7 Å². The van der Waals surface area contributed by atoms with Gasteiger partial charge in [0.2, 0.25) is 0 Å². The number of pyridine rings is 1. The number of aliphatic imine (C=N–C) groups is 1. The molecular formula is C19H20N6O. The Labute approximate surface area is 150 Å². The first kappa shape index (κ1) is 16.3. The summed E-state index contributed by atoms with van der Waals surface area (Å²) in [5.74, 6) is 0.569. The maximum Gasteiger partial charge on any atom is 0.267 e. The smallest absolute Gasteiger partial charge is 0.267 e. The summed E-state index contributed by atoms with van der Waals surface area (Å²) in [6, 6.07) is 3.89. The molecule has 7 nitrogen and oxygen atoms in total. The van der Waals surface area contributed by atoms with E-state index in [9.17, 15) is 4.79 Å². The van der Waals surface area contributed by atoms with Crippen LogP contribution in [0.2, 0.25) is 0 Å². The highest BCUT2D eigenvalue weighted by molar-refractivity contribution is 6.11. The molecule has 0 aromatic carbocycles. The van der Waals surface area contributed by atoms with Gasteiger partial charge in [-0.15, -0.1) is 0 Å². The maximum atomic E-state index is 11.7. The van der Waals surface area contributed by atoms with E-state index in [2.05, 4.69) is 14.5 Å². The second-order valence-corrected chi connectivity index (χ2v) is 6.24. The summed E-state index contributed by atoms with van der Waals surface area (Å²) < 4.78 is 3.97. The Morgan fingerprint density at radius 1 is 1.38 bits per heavy atom. The number of allylic oxidation sites excluding steroid dienone is 2. The summed E-state index contributed by atoms with van der Waals surface area (Å²) in [7, 11) is 1.77. The van der Waals surface area contributed by atoms with E-state index in [-0.39, 0.29) is 0 Å². The predicted molar refractivity (Wildman–Crippen MR) is 101 cm³/mol. The third-order valence-electron chi connectivity index (χ3n) is 4.67. The molecule has 0 saturated carbocycles. The molecule has 0 unspecified atom stereocenters. The molecule has 1 amide bonds. The van der Waals surface area contributed by atoms with Crippen LogP contribution in [0, 0.1) is 0 Å². The van der Waals surface area contributed by atoms with Gasteiger partial charge in [0.05, 0.1) is 17.6 Å².